The number of carbonyl (C=O) groups excluding carboxylic acids is 1. The second kappa shape index (κ2) is 9.68. The highest BCUT2D eigenvalue weighted by Gasteiger charge is 2.32. The van der Waals surface area contributed by atoms with Crippen molar-refractivity contribution in [3.05, 3.63) is 81.4 Å². The number of carbonyl (C=O) groups is 1. The summed E-state index contributed by atoms with van der Waals surface area (Å²) in [5, 5.41) is 13.1. The first-order valence-electron chi connectivity index (χ1n) is 10.5. The second-order valence-corrected chi connectivity index (χ2v) is 9.08. The number of amides is 1. The molecule has 1 atom stereocenters. The van der Waals surface area contributed by atoms with Gasteiger partial charge in [-0.3, -0.25) is 13.9 Å². The Morgan fingerprint density at radius 2 is 1.74 bits per heavy atom. The van der Waals surface area contributed by atoms with E-state index in [0.29, 0.717) is 16.3 Å². The summed E-state index contributed by atoms with van der Waals surface area (Å²) in [4.78, 5) is 25.8. The highest BCUT2D eigenvalue weighted by atomic mass is 35.5. The number of aromatic nitrogens is 2. The molecular weight excluding hydrogens is 471 g/mol. The molecule has 1 aromatic heterocycles. The first-order chi connectivity index (χ1) is 15.8. The van der Waals surface area contributed by atoms with E-state index in [9.17, 15) is 27.9 Å². The number of nitrogens with one attached hydrogen (secondary N) is 1. The van der Waals surface area contributed by atoms with Crippen molar-refractivity contribution in [3.63, 3.8) is 0 Å². The van der Waals surface area contributed by atoms with Crippen LogP contribution >= 0.6 is 11.6 Å². The molecule has 6 nitrogen and oxygen atoms in total. The van der Waals surface area contributed by atoms with E-state index in [1.54, 1.807) is 45.0 Å². The second-order valence-electron chi connectivity index (χ2n) is 8.64. The average Bonchev–Trinajstić information content (AvgIpc) is 3.02. The fraction of sp³-hybridized carbons (Fsp3) is 0.333. The Kier molecular flexibility index (Phi) is 7.28. The summed E-state index contributed by atoms with van der Waals surface area (Å²) in [6.45, 7) is 4.37. The number of benzene rings is 2. The molecule has 3 rings (SSSR count). The number of hydrogen-bond donors (Lipinski definition) is 2. The van der Waals surface area contributed by atoms with Gasteiger partial charge in [-0.05, 0) is 56.2 Å². The quantitative estimate of drug-likeness (QED) is 0.509. The maximum Gasteiger partial charge on any atom is 0.416 e. The van der Waals surface area contributed by atoms with Gasteiger partial charge in [-0.25, -0.2) is 4.79 Å². The molecule has 34 heavy (non-hydrogen) atoms. The van der Waals surface area contributed by atoms with Gasteiger partial charge in [0, 0.05) is 11.2 Å². The zero-order valence-electron chi connectivity index (χ0n) is 18.9. The molecule has 1 amide bonds. The van der Waals surface area contributed by atoms with E-state index in [-0.39, 0.29) is 18.7 Å². The van der Waals surface area contributed by atoms with Gasteiger partial charge in [-0.15, -0.1) is 0 Å². The minimum Gasteiger partial charge on any atom is -0.392 e. The Balaban J connectivity index is 1.87. The molecule has 0 saturated heterocycles. The third-order valence-electron chi connectivity index (χ3n) is 5.31. The number of nitrogens with zero attached hydrogens (tertiary/aromatic N) is 2. The predicted molar refractivity (Wildman–Crippen MR) is 123 cm³/mol. The van der Waals surface area contributed by atoms with Gasteiger partial charge in [0.1, 0.15) is 6.54 Å². The van der Waals surface area contributed by atoms with Crippen molar-refractivity contribution in [3.8, 4) is 11.3 Å². The van der Waals surface area contributed by atoms with Crippen molar-refractivity contribution in [2.24, 2.45) is 0 Å². The lowest BCUT2D eigenvalue weighted by Gasteiger charge is -2.27. The first-order valence-corrected chi connectivity index (χ1v) is 10.9. The third kappa shape index (κ3) is 5.90. The van der Waals surface area contributed by atoms with Gasteiger partial charge in [0.05, 0.1) is 29.4 Å². The molecular formula is C24H25ClF3N3O3. The van der Waals surface area contributed by atoms with Crippen molar-refractivity contribution < 1.29 is 23.1 Å². The van der Waals surface area contributed by atoms with Crippen LogP contribution in [-0.4, -0.2) is 26.3 Å². The summed E-state index contributed by atoms with van der Waals surface area (Å²) >= 11 is 5.95. The van der Waals surface area contributed by atoms with E-state index in [1.807, 2.05) is 0 Å². The molecule has 0 aliphatic rings. The van der Waals surface area contributed by atoms with Gasteiger partial charge >= 0.3 is 11.9 Å². The molecule has 2 aromatic carbocycles. The molecule has 10 heteroatoms. The van der Waals surface area contributed by atoms with Crippen molar-refractivity contribution in [2.75, 3.05) is 0 Å². The van der Waals surface area contributed by atoms with Gasteiger partial charge in [-0.1, -0.05) is 35.9 Å². The fourth-order valence-corrected chi connectivity index (χ4v) is 3.76. The van der Waals surface area contributed by atoms with Gasteiger partial charge in [0.2, 0.25) is 5.91 Å². The minimum atomic E-state index is -4.51. The summed E-state index contributed by atoms with van der Waals surface area (Å²) in [7, 11) is 0. The Morgan fingerprint density at radius 3 is 2.32 bits per heavy atom. The summed E-state index contributed by atoms with van der Waals surface area (Å²) < 4.78 is 41.8. The van der Waals surface area contributed by atoms with E-state index in [1.165, 1.54) is 27.5 Å². The van der Waals surface area contributed by atoms with Crippen molar-refractivity contribution in [1.29, 1.82) is 0 Å². The Morgan fingerprint density at radius 1 is 1.12 bits per heavy atom. The summed E-state index contributed by atoms with van der Waals surface area (Å²) in [6.07, 6.45) is -3.81. The Bertz CT molecular complexity index is 1230. The average molecular weight is 496 g/mol. The van der Waals surface area contributed by atoms with Crippen LogP contribution in [0.3, 0.4) is 0 Å². The lowest BCUT2D eigenvalue weighted by Crippen LogP contribution is -2.43. The van der Waals surface area contributed by atoms with Gasteiger partial charge in [0.15, 0.2) is 0 Å². The number of halogens is 4. The molecule has 0 fully saturated rings. The van der Waals surface area contributed by atoms with E-state index in [4.69, 9.17) is 11.6 Å². The molecule has 0 radical (unpaired) electrons. The van der Waals surface area contributed by atoms with Crippen molar-refractivity contribution in [1.82, 2.24) is 14.5 Å². The number of alkyl halides is 3. The van der Waals surface area contributed by atoms with Crippen LogP contribution < -0.4 is 11.0 Å². The van der Waals surface area contributed by atoms with Crippen molar-refractivity contribution in [2.45, 2.75) is 51.7 Å². The molecule has 0 spiro atoms. The SMILES string of the molecule is CC(O)Cn1c(-c2ccc(Cl)cc2)cn(CC(=O)NC(C)(C)c2cccc(C(F)(F)F)c2)c1=O. The fourth-order valence-electron chi connectivity index (χ4n) is 3.63. The van der Waals surface area contributed by atoms with Crippen LogP contribution in [0.1, 0.15) is 31.9 Å². The van der Waals surface area contributed by atoms with E-state index >= 15 is 0 Å². The molecule has 3 aromatic rings. The molecule has 1 unspecified atom stereocenters. The first kappa shape index (κ1) is 25.6. The predicted octanol–water partition coefficient (Wildman–Crippen LogP) is 4.42. The molecule has 182 valence electrons. The standard InChI is InChI=1S/C24H25ClF3N3O3/c1-15(32)12-31-20(16-7-9-19(25)10-8-16)13-30(22(31)34)14-21(33)29-23(2,3)17-5-4-6-18(11-17)24(26,27)28/h4-11,13,15,32H,12,14H2,1-3H3,(H,29,33). The summed E-state index contributed by atoms with van der Waals surface area (Å²) in [6, 6.07) is 11.5. The van der Waals surface area contributed by atoms with Crippen LogP contribution in [0.15, 0.2) is 59.5 Å². The molecule has 1 heterocycles. The Labute approximate surface area is 199 Å². The molecule has 0 saturated carbocycles. The summed E-state index contributed by atoms with van der Waals surface area (Å²) in [5.74, 6) is -0.554. The lowest BCUT2D eigenvalue weighted by atomic mass is 9.92. The van der Waals surface area contributed by atoms with E-state index in [0.717, 1.165) is 12.1 Å². The number of hydrogen-bond acceptors (Lipinski definition) is 3. The molecule has 0 bridgehead atoms. The minimum absolute atomic E-state index is 0.0150. The monoisotopic (exact) mass is 495 g/mol. The number of aliphatic hydroxyl groups excluding tert-OH is 1. The zero-order valence-corrected chi connectivity index (χ0v) is 19.6. The van der Waals surface area contributed by atoms with Gasteiger partial charge in [0.25, 0.3) is 0 Å². The van der Waals surface area contributed by atoms with E-state index < -0.39 is 35.0 Å². The number of aliphatic hydroxyl groups is 1. The zero-order chi connectivity index (χ0) is 25.3. The Hall–Kier alpha value is -3.04. The van der Waals surface area contributed by atoms with Crippen LogP contribution in [0.5, 0.6) is 0 Å². The molecule has 0 aliphatic heterocycles. The normalized spacial score (nSPS) is 13.1. The van der Waals surface area contributed by atoms with E-state index in [2.05, 4.69) is 5.32 Å². The van der Waals surface area contributed by atoms with Gasteiger partial charge in [-0.2, -0.15) is 13.2 Å². The number of rotatable bonds is 7. The van der Waals surface area contributed by atoms with Crippen molar-refractivity contribution >= 4 is 17.5 Å². The number of imidazole rings is 1. The van der Waals surface area contributed by atoms with Crippen LogP contribution in [0.2, 0.25) is 5.02 Å². The van der Waals surface area contributed by atoms with Gasteiger partial charge < -0.3 is 10.4 Å². The highest BCUT2D eigenvalue weighted by Crippen LogP contribution is 2.32. The third-order valence-corrected chi connectivity index (χ3v) is 5.56. The largest absolute Gasteiger partial charge is 0.416 e. The topological polar surface area (TPSA) is 76.3 Å². The van der Waals surface area contributed by atoms with Crippen LogP contribution in [0.4, 0.5) is 13.2 Å². The van der Waals surface area contributed by atoms with Crippen LogP contribution in [-0.2, 0) is 29.6 Å². The smallest absolute Gasteiger partial charge is 0.392 e. The maximum absolute atomic E-state index is 13.1. The summed E-state index contributed by atoms with van der Waals surface area (Å²) in [5.41, 5.74) is -0.998. The molecule has 0 aliphatic carbocycles. The lowest BCUT2D eigenvalue weighted by molar-refractivity contribution is -0.137. The highest BCUT2D eigenvalue weighted by molar-refractivity contribution is 6.30. The van der Waals surface area contributed by atoms with Crippen LogP contribution in [0.25, 0.3) is 11.3 Å². The molecule has 2 N–H and O–H groups in total. The van der Waals surface area contributed by atoms with Crippen LogP contribution in [0, 0.1) is 0 Å². The maximum atomic E-state index is 13.1.